The van der Waals surface area contributed by atoms with E-state index in [1.165, 1.54) is 12.1 Å². The van der Waals surface area contributed by atoms with Crippen molar-refractivity contribution in [1.29, 1.82) is 0 Å². The van der Waals surface area contributed by atoms with Crippen molar-refractivity contribution in [3.8, 4) is 0 Å². The Labute approximate surface area is 102 Å². The normalized spacial score (nSPS) is 12.9. The second kappa shape index (κ2) is 5.38. The summed E-state index contributed by atoms with van der Waals surface area (Å²) in [6.07, 6.45) is -2.78. The maximum Gasteiger partial charge on any atom is 0.263 e. The average Bonchev–Trinajstić information content (AvgIpc) is 2.82. The van der Waals surface area contributed by atoms with Crippen molar-refractivity contribution >= 4 is 11.3 Å². The van der Waals surface area contributed by atoms with Crippen LogP contribution >= 0.6 is 11.3 Å². The summed E-state index contributed by atoms with van der Waals surface area (Å²) in [7, 11) is 0. The Morgan fingerprint density at radius 2 is 1.94 bits per heavy atom. The fourth-order valence-electron chi connectivity index (χ4n) is 1.65. The van der Waals surface area contributed by atoms with Crippen LogP contribution in [-0.2, 0) is 6.42 Å². The van der Waals surface area contributed by atoms with Gasteiger partial charge < -0.3 is 5.11 Å². The van der Waals surface area contributed by atoms with Gasteiger partial charge in [-0.3, -0.25) is 0 Å². The Morgan fingerprint density at radius 1 is 1.18 bits per heavy atom. The molecule has 1 nitrogen and oxygen atoms in total. The average molecular weight is 254 g/mol. The van der Waals surface area contributed by atoms with Crippen LogP contribution in [-0.4, -0.2) is 5.11 Å². The third-order valence-electron chi connectivity index (χ3n) is 2.56. The van der Waals surface area contributed by atoms with Crippen molar-refractivity contribution in [3.05, 3.63) is 57.8 Å². The van der Waals surface area contributed by atoms with Gasteiger partial charge in [-0.05, 0) is 34.0 Å². The van der Waals surface area contributed by atoms with Gasteiger partial charge >= 0.3 is 0 Å². The van der Waals surface area contributed by atoms with Crippen molar-refractivity contribution in [2.75, 3.05) is 0 Å². The first kappa shape index (κ1) is 12.2. The van der Waals surface area contributed by atoms with Crippen LogP contribution in [0, 0.1) is 0 Å². The molecule has 0 aliphatic rings. The lowest BCUT2D eigenvalue weighted by molar-refractivity contribution is 0.149. The van der Waals surface area contributed by atoms with Gasteiger partial charge in [-0.1, -0.05) is 18.2 Å². The summed E-state index contributed by atoms with van der Waals surface area (Å²) in [4.78, 5) is 0. The van der Waals surface area contributed by atoms with Crippen molar-refractivity contribution in [2.24, 2.45) is 0 Å². The summed E-state index contributed by atoms with van der Waals surface area (Å²) in [5.74, 6) is 0. The second-order valence-electron chi connectivity index (χ2n) is 3.82. The predicted molar refractivity (Wildman–Crippen MR) is 64.4 cm³/mol. The van der Waals surface area contributed by atoms with E-state index in [2.05, 4.69) is 0 Å². The minimum atomic E-state index is -2.50. The number of thiophene rings is 1. The Kier molecular flexibility index (Phi) is 3.86. The van der Waals surface area contributed by atoms with Crippen LogP contribution in [0.3, 0.4) is 0 Å². The van der Waals surface area contributed by atoms with Crippen LogP contribution in [0.4, 0.5) is 8.78 Å². The third kappa shape index (κ3) is 3.11. The first-order valence-corrected chi connectivity index (χ1v) is 6.18. The minimum absolute atomic E-state index is 0.0492. The molecule has 17 heavy (non-hydrogen) atoms. The van der Waals surface area contributed by atoms with Gasteiger partial charge in [0.05, 0.1) is 6.10 Å². The SMILES string of the molecule is OC(Cc1ccsc1)c1cccc(C(F)F)c1. The molecule has 1 N–H and O–H groups in total. The van der Waals surface area contributed by atoms with Gasteiger partial charge in [0, 0.05) is 12.0 Å². The number of rotatable bonds is 4. The summed E-state index contributed by atoms with van der Waals surface area (Å²) in [5, 5.41) is 13.8. The number of hydrogen-bond acceptors (Lipinski definition) is 2. The molecule has 1 unspecified atom stereocenters. The number of halogens is 2. The number of aliphatic hydroxyl groups excluding tert-OH is 1. The van der Waals surface area contributed by atoms with Crippen molar-refractivity contribution in [3.63, 3.8) is 0 Å². The van der Waals surface area contributed by atoms with Crippen molar-refractivity contribution in [2.45, 2.75) is 19.0 Å². The Bertz CT molecular complexity index is 468. The van der Waals surface area contributed by atoms with E-state index in [9.17, 15) is 13.9 Å². The molecule has 2 aromatic rings. The first-order valence-electron chi connectivity index (χ1n) is 5.24. The molecule has 0 radical (unpaired) electrons. The minimum Gasteiger partial charge on any atom is -0.388 e. The third-order valence-corrected chi connectivity index (χ3v) is 3.29. The fourth-order valence-corrected chi connectivity index (χ4v) is 2.33. The quantitative estimate of drug-likeness (QED) is 0.875. The molecule has 1 aromatic heterocycles. The molecule has 1 aromatic carbocycles. The maximum absolute atomic E-state index is 12.5. The van der Waals surface area contributed by atoms with E-state index in [4.69, 9.17) is 0 Å². The number of benzene rings is 1. The molecule has 0 aliphatic heterocycles. The fraction of sp³-hybridized carbons (Fsp3) is 0.231. The highest BCUT2D eigenvalue weighted by Crippen LogP contribution is 2.24. The summed E-state index contributed by atoms with van der Waals surface area (Å²) < 4.78 is 25.0. The molecule has 0 saturated carbocycles. The molecule has 1 atom stereocenters. The Balaban J connectivity index is 2.13. The van der Waals surface area contributed by atoms with Crippen molar-refractivity contribution < 1.29 is 13.9 Å². The molecule has 2 rings (SSSR count). The van der Waals surface area contributed by atoms with E-state index < -0.39 is 12.5 Å². The van der Waals surface area contributed by atoms with Crippen LogP contribution < -0.4 is 0 Å². The van der Waals surface area contributed by atoms with Gasteiger partial charge in [0.25, 0.3) is 6.43 Å². The van der Waals surface area contributed by atoms with Crippen molar-refractivity contribution in [1.82, 2.24) is 0 Å². The zero-order chi connectivity index (χ0) is 12.3. The maximum atomic E-state index is 12.5. The smallest absolute Gasteiger partial charge is 0.263 e. The second-order valence-corrected chi connectivity index (χ2v) is 4.60. The predicted octanol–water partition coefficient (Wildman–Crippen LogP) is 3.96. The summed E-state index contributed by atoms with van der Waals surface area (Å²) in [6.45, 7) is 0. The molecule has 0 aliphatic carbocycles. The monoisotopic (exact) mass is 254 g/mol. The van der Waals surface area contributed by atoms with Gasteiger partial charge in [-0.2, -0.15) is 11.3 Å². The van der Waals surface area contributed by atoms with Crippen LogP contribution in [0.5, 0.6) is 0 Å². The Hall–Kier alpha value is -1.26. The molecule has 90 valence electrons. The molecule has 0 spiro atoms. The standard InChI is InChI=1S/C13H12F2OS/c14-13(15)11-3-1-2-10(7-11)12(16)6-9-4-5-17-8-9/h1-5,7-8,12-13,16H,6H2. The zero-order valence-corrected chi connectivity index (χ0v) is 9.83. The van der Waals surface area contributed by atoms with E-state index in [1.54, 1.807) is 23.5 Å². The molecule has 4 heteroatoms. The topological polar surface area (TPSA) is 20.2 Å². The van der Waals surface area contributed by atoms with Crippen LogP contribution in [0.25, 0.3) is 0 Å². The molecule has 1 heterocycles. The lowest BCUT2D eigenvalue weighted by atomic mass is 10.0. The molecular weight excluding hydrogens is 242 g/mol. The highest BCUT2D eigenvalue weighted by atomic mass is 32.1. The van der Waals surface area contributed by atoms with Crippen LogP contribution in [0.1, 0.15) is 29.2 Å². The number of hydrogen-bond donors (Lipinski definition) is 1. The molecule has 0 amide bonds. The highest BCUT2D eigenvalue weighted by Gasteiger charge is 2.12. The summed E-state index contributed by atoms with van der Waals surface area (Å²) in [5.41, 5.74) is 1.51. The van der Waals surface area contributed by atoms with E-state index in [-0.39, 0.29) is 5.56 Å². The molecule has 0 saturated heterocycles. The molecular formula is C13H12F2OS. The number of aliphatic hydroxyl groups is 1. The Morgan fingerprint density at radius 3 is 2.59 bits per heavy atom. The van der Waals surface area contributed by atoms with E-state index in [1.807, 2.05) is 16.8 Å². The largest absolute Gasteiger partial charge is 0.388 e. The van der Waals surface area contributed by atoms with Crippen LogP contribution in [0.2, 0.25) is 0 Å². The summed E-state index contributed by atoms with van der Waals surface area (Å²) in [6, 6.07) is 7.87. The highest BCUT2D eigenvalue weighted by molar-refractivity contribution is 7.07. The summed E-state index contributed by atoms with van der Waals surface area (Å²) >= 11 is 1.55. The molecule has 0 bridgehead atoms. The van der Waals surface area contributed by atoms with Crippen LogP contribution in [0.15, 0.2) is 41.1 Å². The van der Waals surface area contributed by atoms with Gasteiger partial charge in [0.1, 0.15) is 0 Å². The van der Waals surface area contributed by atoms with Gasteiger partial charge in [-0.15, -0.1) is 0 Å². The van der Waals surface area contributed by atoms with E-state index >= 15 is 0 Å². The number of alkyl halides is 2. The van der Waals surface area contributed by atoms with E-state index in [0.717, 1.165) is 5.56 Å². The van der Waals surface area contributed by atoms with E-state index in [0.29, 0.717) is 12.0 Å². The van der Waals surface area contributed by atoms with Gasteiger partial charge in [-0.25, -0.2) is 8.78 Å². The van der Waals surface area contributed by atoms with Gasteiger partial charge in [0.15, 0.2) is 0 Å². The lowest BCUT2D eigenvalue weighted by Gasteiger charge is -2.11. The lowest BCUT2D eigenvalue weighted by Crippen LogP contribution is -2.01. The van der Waals surface area contributed by atoms with Gasteiger partial charge in [0.2, 0.25) is 0 Å². The first-order chi connectivity index (χ1) is 8.16. The molecule has 0 fully saturated rings. The zero-order valence-electron chi connectivity index (χ0n) is 9.01.